The molecule has 0 N–H and O–H groups in total. The summed E-state index contributed by atoms with van der Waals surface area (Å²) < 4.78 is 10.1. The van der Waals surface area contributed by atoms with Crippen molar-refractivity contribution < 1.29 is 19.1 Å². The minimum Gasteiger partial charge on any atom is -0.456 e. The molecule has 0 atom stereocenters. The van der Waals surface area contributed by atoms with E-state index in [1.807, 2.05) is 30.3 Å². The van der Waals surface area contributed by atoms with Gasteiger partial charge in [-0.15, -0.1) is 0 Å². The fraction of sp³-hybridized carbons (Fsp3) is 0.467. The van der Waals surface area contributed by atoms with Crippen molar-refractivity contribution in [3.8, 4) is 0 Å². The first kappa shape index (κ1) is 15.4. The number of Topliss-reactive ketones (excluding diaryl/α,β-unsaturated/α-hetero) is 1. The van der Waals surface area contributed by atoms with Gasteiger partial charge in [0.05, 0.1) is 6.61 Å². The largest absolute Gasteiger partial charge is 0.456 e. The topological polar surface area (TPSA) is 52.6 Å². The summed E-state index contributed by atoms with van der Waals surface area (Å²) >= 11 is 0. The highest BCUT2D eigenvalue weighted by atomic mass is 16.6. The van der Waals surface area contributed by atoms with Crippen LogP contribution in [0.3, 0.4) is 0 Å². The molecule has 0 aliphatic carbocycles. The van der Waals surface area contributed by atoms with Crippen LogP contribution in [-0.4, -0.2) is 25.0 Å². The summed E-state index contributed by atoms with van der Waals surface area (Å²) in [5.41, 5.74) is 0.492. The SMILES string of the molecule is CC(C)(C)C(=O)COC(=O)COCc1ccccc1. The summed E-state index contributed by atoms with van der Waals surface area (Å²) in [5.74, 6) is -0.627. The quantitative estimate of drug-likeness (QED) is 0.740. The van der Waals surface area contributed by atoms with E-state index in [1.165, 1.54) is 0 Å². The molecule has 19 heavy (non-hydrogen) atoms. The molecule has 0 heterocycles. The van der Waals surface area contributed by atoms with E-state index in [4.69, 9.17) is 9.47 Å². The Morgan fingerprint density at radius 2 is 1.68 bits per heavy atom. The lowest BCUT2D eigenvalue weighted by molar-refractivity contribution is -0.154. The average Bonchev–Trinajstić information content (AvgIpc) is 2.36. The van der Waals surface area contributed by atoms with Crippen LogP contribution in [0.1, 0.15) is 26.3 Å². The van der Waals surface area contributed by atoms with Gasteiger partial charge in [0, 0.05) is 5.41 Å². The van der Waals surface area contributed by atoms with Gasteiger partial charge in [0.2, 0.25) is 0 Å². The van der Waals surface area contributed by atoms with Gasteiger partial charge < -0.3 is 9.47 Å². The van der Waals surface area contributed by atoms with Crippen LogP contribution in [0.5, 0.6) is 0 Å². The van der Waals surface area contributed by atoms with E-state index in [0.29, 0.717) is 6.61 Å². The van der Waals surface area contributed by atoms with Crippen molar-refractivity contribution in [3.63, 3.8) is 0 Å². The first-order chi connectivity index (χ1) is 8.89. The van der Waals surface area contributed by atoms with Crippen LogP contribution >= 0.6 is 0 Å². The Hall–Kier alpha value is -1.68. The Kier molecular flexibility index (Phi) is 5.70. The molecule has 1 rings (SSSR count). The second-order valence-corrected chi connectivity index (χ2v) is 5.31. The fourth-order valence-corrected chi connectivity index (χ4v) is 1.23. The summed E-state index contributed by atoms with van der Waals surface area (Å²) in [6.07, 6.45) is 0. The van der Waals surface area contributed by atoms with Crippen LogP contribution in [0.25, 0.3) is 0 Å². The summed E-state index contributed by atoms with van der Waals surface area (Å²) in [4.78, 5) is 22.9. The first-order valence-electron chi connectivity index (χ1n) is 6.20. The van der Waals surface area contributed by atoms with E-state index >= 15 is 0 Å². The summed E-state index contributed by atoms with van der Waals surface area (Å²) in [7, 11) is 0. The summed E-state index contributed by atoms with van der Waals surface area (Å²) in [6.45, 7) is 5.37. The van der Waals surface area contributed by atoms with Crippen LogP contribution in [0.4, 0.5) is 0 Å². The van der Waals surface area contributed by atoms with Gasteiger partial charge >= 0.3 is 5.97 Å². The van der Waals surface area contributed by atoms with Gasteiger partial charge in [-0.05, 0) is 5.56 Å². The van der Waals surface area contributed by atoms with Crippen molar-refractivity contribution in [1.82, 2.24) is 0 Å². The Morgan fingerprint density at radius 1 is 1.05 bits per heavy atom. The zero-order valence-electron chi connectivity index (χ0n) is 11.6. The number of carbonyl (C=O) groups is 2. The fourth-order valence-electron chi connectivity index (χ4n) is 1.23. The van der Waals surface area contributed by atoms with Crippen LogP contribution < -0.4 is 0 Å². The zero-order chi connectivity index (χ0) is 14.3. The number of ketones is 1. The van der Waals surface area contributed by atoms with Crippen LogP contribution in [-0.2, 0) is 25.7 Å². The maximum Gasteiger partial charge on any atom is 0.332 e. The Labute approximate surface area is 113 Å². The molecular formula is C15H20O4. The molecule has 0 fully saturated rings. The highest BCUT2D eigenvalue weighted by Crippen LogP contribution is 2.14. The van der Waals surface area contributed by atoms with Gasteiger partial charge in [0.25, 0.3) is 0 Å². The number of benzene rings is 1. The van der Waals surface area contributed by atoms with Crippen LogP contribution in [0, 0.1) is 5.41 Å². The predicted molar refractivity (Wildman–Crippen MR) is 71.5 cm³/mol. The van der Waals surface area contributed by atoms with E-state index in [-0.39, 0.29) is 19.0 Å². The van der Waals surface area contributed by atoms with Crippen molar-refractivity contribution >= 4 is 11.8 Å². The standard InChI is InChI=1S/C15H20O4/c1-15(2,3)13(16)10-19-14(17)11-18-9-12-7-5-4-6-8-12/h4-8H,9-11H2,1-3H3. The van der Waals surface area contributed by atoms with Crippen molar-refractivity contribution in [2.45, 2.75) is 27.4 Å². The van der Waals surface area contributed by atoms with Crippen molar-refractivity contribution in [1.29, 1.82) is 0 Å². The number of hydrogen-bond acceptors (Lipinski definition) is 4. The molecule has 0 unspecified atom stereocenters. The maximum absolute atomic E-state index is 11.5. The van der Waals surface area contributed by atoms with Crippen molar-refractivity contribution in [2.75, 3.05) is 13.2 Å². The van der Waals surface area contributed by atoms with Crippen molar-refractivity contribution in [3.05, 3.63) is 35.9 Å². The van der Waals surface area contributed by atoms with E-state index in [9.17, 15) is 9.59 Å². The second-order valence-electron chi connectivity index (χ2n) is 5.31. The normalized spacial score (nSPS) is 11.1. The lowest BCUT2D eigenvalue weighted by Gasteiger charge is -2.16. The first-order valence-corrected chi connectivity index (χ1v) is 6.20. The lowest BCUT2D eigenvalue weighted by Crippen LogP contribution is -2.27. The number of esters is 1. The molecule has 0 bridgehead atoms. The van der Waals surface area contributed by atoms with E-state index < -0.39 is 11.4 Å². The molecule has 0 amide bonds. The third kappa shape index (κ3) is 6.15. The highest BCUT2D eigenvalue weighted by Gasteiger charge is 2.22. The molecule has 0 saturated heterocycles. The highest BCUT2D eigenvalue weighted by molar-refractivity contribution is 5.86. The molecule has 0 aromatic heterocycles. The Bertz CT molecular complexity index is 418. The molecule has 1 aromatic rings. The third-order valence-corrected chi connectivity index (χ3v) is 2.53. The minimum absolute atomic E-state index is 0.107. The Balaban J connectivity index is 2.20. The zero-order valence-corrected chi connectivity index (χ0v) is 11.6. The Morgan fingerprint density at radius 3 is 2.26 bits per heavy atom. The van der Waals surface area contributed by atoms with Crippen molar-refractivity contribution in [2.24, 2.45) is 5.41 Å². The van der Waals surface area contributed by atoms with Gasteiger partial charge in [-0.2, -0.15) is 0 Å². The van der Waals surface area contributed by atoms with Gasteiger partial charge in [-0.1, -0.05) is 51.1 Å². The van der Waals surface area contributed by atoms with E-state index in [2.05, 4.69) is 0 Å². The van der Waals surface area contributed by atoms with E-state index in [1.54, 1.807) is 20.8 Å². The minimum atomic E-state index is -0.520. The monoisotopic (exact) mass is 264 g/mol. The third-order valence-electron chi connectivity index (χ3n) is 2.53. The molecule has 1 aromatic carbocycles. The average molecular weight is 264 g/mol. The molecule has 0 spiro atoms. The lowest BCUT2D eigenvalue weighted by atomic mass is 9.91. The molecule has 0 aliphatic heterocycles. The molecule has 4 nitrogen and oxygen atoms in total. The number of hydrogen-bond donors (Lipinski definition) is 0. The van der Waals surface area contributed by atoms with Gasteiger partial charge in [0.15, 0.2) is 12.4 Å². The smallest absolute Gasteiger partial charge is 0.332 e. The van der Waals surface area contributed by atoms with Gasteiger partial charge in [-0.3, -0.25) is 4.79 Å². The molecule has 104 valence electrons. The second kappa shape index (κ2) is 7.04. The number of ether oxygens (including phenoxy) is 2. The molecule has 0 aliphatic rings. The van der Waals surface area contributed by atoms with Gasteiger partial charge in [-0.25, -0.2) is 4.79 Å². The maximum atomic E-state index is 11.5. The molecule has 0 saturated carbocycles. The number of carbonyl (C=O) groups excluding carboxylic acids is 2. The van der Waals surface area contributed by atoms with Crippen LogP contribution in [0.2, 0.25) is 0 Å². The van der Waals surface area contributed by atoms with Gasteiger partial charge in [0.1, 0.15) is 6.61 Å². The molecule has 0 radical (unpaired) electrons. The van der Waals surface area contributed by atoms with E-state index in [0.717, 1.165) is 5.56 Å². The molecule has 4 heteroatoms. The van der Waals surface area contributed by atoms with Crippen LogP contribution in [0.15, 0.2) is 30.3 Å². The summed E-state index contributed by atoms with van der Waals surface area (Å²) in [5, 5.41) is 0. The summed E-state index contributed by atoms with van der Waals surface area (Å²) in [6, 6.07) is 9.54. The number of rotatable bonds is 6. The molecular weight excluding hydrogens is 244 g/mol. The predicted octanol–water partition coefficient (Wildman–Crippen LogP) is 2.36.